The third-order valence-electron chi connectivity index (χ3n) is 2.76. The van der Waals surface area contributed by atoms with Gasteiger partial charge in [-0.05, 0) is 18.8 Å². The minimum absolute atomic E-state index is 0.0303. The van der Waals surface area contributed by atoms with E-state index in [2.05, 4.69) is 24.1 Å². The van der Waals surface area contributed by atoms with E-state index in [9.17, 15) is 4.79 Å². The molecule has 15 heavy (non-hydrogen) atoms. The molecule has 0 spiro atoms. The van der Waals surface area contributed by atoms with E-state index in [1.54, 1.807) is 0 Å². The van der Waals surface area contributed by atoms with Gasteiger partial charge in [-0.15, -0.1) is 0 Å². The first-order valence-electron chi connectivity index (χ1n) is 5.83. The van der Waals surface area contributed by atoms with Gasteiger partial charge in [-0.1, -0.05) is 13.8 Å². The Bertz CT molecular complexity index is 198. The predicted octanol–water partition coefficient (Wildman–Crippen LogP) is 0.182. The van der Waals surface area contributed by atoms with Crippen molar-refractivity contribution in [2.45, 2.75) is 32.7 Å². The van der Waals surface area contributed by atoms with Crippen LogP contribution in [0.25, 0.3) is 0 Å². The lowest BCUT2D eigenvalue weighted by Gasteiger charge is -2.33. The first-order chi connectivity index (χ1) is 7.11. The van der Waals surface area contributed by atoms with Crippen molar-refractivity contribution in [1.82, 2.24) is 10.2 Å². The van der Waals surface area contributed by atoms with Crippen molar-refractivity contribution in [3.05, 3.63) is 0 Å². The third kappa shape index (κ3) is 4.62. The zero-order valence-electron chi connectivity index (χ0n) is 9.83. The molecule has 0 aliphatic carbocycles. The van der Waals surface area contributed by atoms with Crippen molar-refractivity contribution < 1.29 is 4.79 Å². The fourth-order valence-corrected chi connectivity index (χ4v) is 2.06. The Kier molecular flexibility index (Phi) is 5.05. The van der Waals surface area contributed by atoms with E-state index in [0.29, 0.717) is 6.04 Å². The number of nitrogens with two attached hydrogens (primary N) is 1. The van der Waals surface area contributed by atoms with Gasteiger partial charge in [-0.3, -0.25) is 4.79 Å². The highest BCUT2D eigenvalue weighted by molar-refractivity contribution is 5.78. The molecule has 1 aliphatic heterocycles. The topological polar surface area (TPSA) is 58.4 Å². The number of hydrogen-bond acceptors (Lipinski definition) is 3. The van der Waals surface area contributed by atoms with Crippen LogP contribution >= 0.6 is 0 Å². The Morgan fingerprint density at radius 1 is 1.47 bits per heavy atom. The Labute approximate surface area is 92.2 Å². The average molecular weight is 213 g/mol. The van der Waals surface area contributed by atoms with Crippen LogP contribution in [0.4, 0.5) is 0 Å². The summed E-state index contributed by atoms with van der Waals surface area (Å²) in [6.45, 7) is 7.93. The predicted molar refractivity (Wildman–Crippen MR) is 61.5 cm³/mol. The van der Waals surface area contributed by atoms with Crippen molar-refractivity contribution in [2.75, 3.05) is 26.2 Å². The maximum atomic E-state index is 11.1. The molecular formula is C11H23N3O. The monoisotopic (exact) mass is 213 g/mol. The second-order valence-corrected chi connectivity index (χ2v) is 4.74. The first-order valence-corrected chi connectivity index (χ1v) is 5.83. The molecule has 4 heteroatoms. The summed E-state index contributed by atoms with van der Waals surface area (Å²) in [6, 6.07) is 0.337. The minimum Gasteiger partial charge on any atom is -0.352 e. The largest absolute Gasteiger partial charge is 0.352 e. The second-order valence-electron chi connectivity index (χ2n) is 4.74. The molecule has 0 bridgehead atoms. The summed E-state index contributed by atoms with van der Waals surface area (Å²) in [5.41, 5.74) is 5.26. The van der Waals surface area contributed by atoms with Crippen LogP contribution < -0.4 is 11.1 Å². The van der Waals surface area contributed by atoms with Crippen molar-refractivity contribution in [1.29, 1.82) is 0 Å². The molecule has 4 nitrogen and oxygen atoms in total. The standard InChI is InChI=1S/C11H23N3O/c1-9(2)8-14-5-3-10(4-6-14)13-11(15)7-12/h9-10H,3-8,12H2,1-2H3,(H,13,15). The summed E-state index contributed by atoms with van der Waals surface area (Å²) >= 11 is 0. The van der Waals surface area contributed by atoms with Crippen LogP contribution in [-0.4, -0.2) is 43.0 Å². The average Bonchev–Trinajstić information content (AvgIpc) is 2.20. The molecule has 1 aliphatic rings. The van der Waals surface area contributed by atoms with Gasteiger partial charge in [-0.25, -0.2) is 0 Å². The molecule has 0 unspecified atom stereocenters. The quantitative estimate of drug-likeness (QED) is 0.700. The van der Waals surface area contributed by atoms with Gasteiger partial charge in [-0.2, -0.15) is 0 Å². The molecule has 88 valence electrons. The normalized spacial score (nSPS) is 19.5. The number of hydrogen-bond donors (Lipinski definition) is 2. The second kappa shape index (κ2) is 6.08. The summed E-state index contributed by atoms with van der Waals surface area (Å²) in [7, 11) is 0. The molecule has 0 atom stereocenters. The number of nitrogens with one attached hydrogen (secondary N) is 1. The van der Waals surface area contributed by atoms with Crippen molar-refractivity contribution >= 4 is 5.91 Å². The lowest BCUT2D eigenvalue weighted by atomic mass is 10.0. The number of carbonyl (C=O) groups is 1. The molecule has 0 saturated carbocycles. The summed E-state index contributed by atoms with van der Waals surface area (Å²) in [6.07, 6.45) is 2.11. The smallest absolute Gasteiger partial charge is 0.233 e. The van der Waals surface area contributed by atoms with Gasteiger partial charge in [0.15, 0.2) is 0 Å². The fraction of sp³-hybridized carbons (Fsp3) is 0.909. The number of rotatable bonds is 4. The highest BCUT2D eigenvalue weighted by atomic mass is 16.1. The summed E-state index contributed by atoms with van der Waals surface area (Å²) in [5, 5.41) is 2.95. The van der Waals surface area contributed by atoms with Crippen LogP contribution in [0.3, 0.4) is 0 Å². The Hall–Kier alpha value is -0.610. The molecule has 1 amide bonds. The number of nitrogens with zero attached hydrogens (tertiary/aromatic N) is 1. The first kappa shape index (κ1) is 12.5. The zero-order chi connectivity index (χ0) is 11.3. The van der Waals surface area contributed by atoms with Crippen LogP contribution in [0.1, 0.15) is 26.7 Å². The van der Waals surface area contributed by atoms with E-state index in [4.69, 9.17) is 5.73 Å². The van der Waals surface area contributed by atoms with Crippen molar-refractivity contribution in [3.8, 4) is 0 Å². The van der Waals surface area contributed by atoms with E-state index in [-0.39, 0.29) is 12.5 Å². The van der Waals surface area contributed by atoms with Gasteiger partial charge in [0, 0.05) is 25.7 Å². The molecule has 0 aromatic carbocycles. The fourth-order valence-electron chi connectivity index (χ4n) is 2.06. The molecule has 3 N–H and O–H groups in total. The van der Waals surface area contributed by atoms with Gasteiger partial charge in [0.25, 0.3) is 0 Å². The molecule has 1 heterocycles. The van der Waals surface area contributed by atoms with Gasteiger partial charge in [0.1, 0.15) is 0 Å². The molecular weight excluding hydrogens is 190 g/mol. The maximum absolute atomic E-state index is 11.1. The lowest BCUT2D eigenvalue weighted by molar-refractivity contribution is -0.120. The van der Waals surface area contributed by atoms with Crippen molar-refractivity contribution in [2.24, 2.45) is 11.7 Å². The zero-order valence-corrected chi connectivity index (χ0v) is 9.83. The SMILES string of the molecule is CC(C)CN1CCC(NC(=O)CN)CC1. The van der Waals surface area contributed by atoms with Gasteiger partial charge < -0.3 is 16.0 Å². The molecule has 0 aromatic heterocycles. The number of likely N-dealkylation sites (tertiary alicyclic amines) is 1. The maximum Gasteiger partial charge on any atom is 0.233 e. The van der Waals surface area contributed by atoms with E-state index < -0.39 is 0 Å². The molecule has 0 radical (unpaired) electrons. The lowest BCUT2D eigenvalue weighted by Crippen LogP contribution is -2.46. The Morgan fingerprint density at radius 2 is 2.07 bits per heavy atom. The number of carbonyl (C=O) groups excluding carboxylic acids is 1. The van der Waals surface area contributed by atoms with Crippen LogP contribution in [0, 0.1) is 5.92 Å². The molecule has 0 aromatic rings. The van der Waals surface area contributed by atoms with Crippen LogP contribution in [0.15, 0.2) is 0 Å². The van der Waals surface area contributed by atoms with E-state index in [0.717, 1.165) is 38.4 Å². The van der Waals surface area contributed by atoms with Gasteiger partial charge >= 0.3 is 0 Å². The highest BCUT2D eigenvalue weighted by Gasteiger charge is 2.20. The summed E-state index contributed by atoms with van der Waals surface area (Å²) in [5.74, 6) is 0.692. The molecule has 1 rings (SSSR count). The van der Waals surface area contributed by atoms with Crippen molar-refractivity contribution in [3.63, 3.8) is 0 Å². The van der Waals surface area contributed by atoms with E-state index in [1.165, 1.54) is 0 Å². The van der Waals surface area contributed by atoms with Crippen LogP contribution in [0.2, 0.25) is 0 Å². The summed E-state index contributed by atoms with van der Waals surface area (Å²) in [4.78, 5) is 13.6. The summed E-state index contributed by atoms with van der Waals surface area (Å²) < 4.78 is 0. The number of piperidine rings is 1. The molecule has 1 saturated heterocycles. The minimum atomic E-state index is -0.0303. The molecule has 1 fully saturated rings. The van der Waals surface area contributed by atoms with Crippen LogP contribution in [0.5, 0.6) is 0 Å². The Balaban J connectivity index is 2.20. The van der Waals surface area contributed by atoms with Crippen LogP contribution in [-0.2, 0) is 4.79 Å². The number of amides is 1. The third-order valence-corrected chi connectivity index (χ3v) is 2.76. The van der Waals surface area contributed by atoms with Gasteiger partial charge in [0.2, 0.25) is 5.91 Å². The highest BCUT2D eigenvalue weighted by Crippen LogP contribution is 2.11. The van der Waals surface area contributed by atoms with E-state index in [1.807, 2.05) is 0 Å². The van der Waals surface area contributed by atoms with Gasteiger partial charge in [0.05, 0.1) is 6.54 Å². The Morgan fingerprint density at radius 3 is 2.53 bits per heavy atom. The van der Waals surface area contributed by atoms with E-state index >= 15 is 0 Å².